The van der Waals surface area contributed by atoms with Gasteiger partial charge < -0.3 is 19.5 Å². The summed E-state index contributed by atoms with van der Waals surface area (Å²) in [5, 5.41) is 3.71. The minimum Gasteiger partial charge on any atom is -0.457 e. The van der Waals surface area contributed by atoms with Crippen molar-refractivity contribution in [3.8, 4) is 11.3 Å². The first-order chi connectivity index (χ1) is 18.0. The summed E-state index contributed by atoms with van der Waals surface area (Å²) in [5.74, 6) is -0.962. The van der Waals surface area contributed by atoms with Crippen LogP contribution in [0.4, 0.5) is 10.5 Å². The van der Waals surface area contributed by atoms with Crippen molar-refractivity contribution in [1.82, 2.24) is 9.47 Å². The number of ether oxygens (including phenoxy) is 1. The Kier molecular flexibility index (Phi) is 7.03. The van der Waals surface area contributed by atoms with Gasteiger partial charge in [0.2, 0.25) is 5.78 Å². The lowest BCUT2D eigenvalue weighted by molar-refractivity contribution is -0.148. The summed E-state index contributed by atoms with van der Waals surface area (Å²) in [6.07, 6.45) is 0.998. The third-order valence-corrected chi connectivity index (χ3v) is 6.92. The summed E-state index contributed by atoms with van der Waals surface area (Å²) in [4.78, 5) is 40.5. The van der Waals surface area contributed by atoms with Crippen LogP contribution in [-0.2, 0) is 16.6 Å². The minimum atomic E-state index is -0.391. The lowest BCUT2D eigenvalue weighted by atomic mass is 9.97. The number of piperidine rings is 1. The van der Waals surface area contributed by atoms with Crippen molar-refractivity contribution in [3.63, 3.8) is 0 Å². The second-order valence-corrected chi connectivity index (χ2v) is 9.25. The number of aryl methyl sites for hydroxylation is 1. The highest BCUT2D eigenvalue weighted by molar-refractivity contribution is 6.14. The summed E-state index contributed by atoms with van der Waals surface area (Å²) in [5.41, 5.74) is 3.97. The van der Waals surface area contributed by atoms with Gasteiger partial charge in [0.15, 0.2) is 6.61 Å². The number of ketones is 1. The number of rotatable bonds is 6. The number of carbonyl (C=O) groups is 3. The Labute approximate surface area is 215 Å². The zero-order valence-corrected chi connectivity index (χ0v) is 20.7. The predicted octanol–water partition coefficient (Wildman–Crippen LogP) is 5.52. The fourth-order valence-electron chi connectivity index (χ4n) is 4.98. The van der Waals surface area contributed by atoms with E-state index in [0.717, 1.165) is 27.8 Å². The lowest BCUT2D eigenvalue weighted by Gasteiger charge is -2.30. The number of likely N-dealkylation sites (tertiary alicyclic amines) is 1. The van der Waals surface area contributed by atoms with Crippen LogP contribution in [0.15, 0.2) is 84.9 Å². The molecule has 1 N–H and O–H groups in total. The fraction of sp³-hybridized carbons (Fsp3) is 0.233. The molecule has 0 bridgehead atoms. The molecule has 2 heterocycles. The Morgan fingerprint density at radius 2 is 1.49 bits per heavy atom. The van der Waals surface area contributed by atoms with E-state index in [4.69, 9.17) is 4.74 Å². The molecule has 0 unspecified atom stereocenters. The van der Waals surface area contributed by atoms with Crippen molar-refractivity contribution in [2.45, 2.75) is 12.8 Å². The second-order valence-electron chi connectivity index (χ2n) is 9.25. The van der Waals surface area contributed by atoms with E-state index in [-0.39, 0.29) is 24.3 Å². The molecule has 0 spiro atoms. The number of nitrogens with one attached hydrogen (secondary N) is 1. The number of carbonyl (C=O) groups excluding carboxylic acids is 3. The number of Topliss-reactive ketones (excluding diaryl/α,β-unsaturated/α-hetero) is 1. The molecule has 1 saturated heterocycles. The smallest absolute Gasteiger partial charge is 0.321 e. The molecule has 1 aromatic heterocycles. The van der Waals surface area contributed by atoms with Crippen molar-refractivity contribution in [2.24, 2.45) is 13.0 Å². The number of esters is 1. The number of hydrogen-bond donors (Lipinski definition) is 1. The van der Waals surface area contributed by atoms with E-state index in [1.807, 2.05) is 96.5 Å². The van der Waals surface area contributed by atoms with E-state index >= 15 is 0 Å². The first-order valence-electron chi connectivity index (χ1n) is 12.5. The van der Waals surface area contributed by atoms with E-state index in [1.54, 1.807) is 4.90 Å². The van der Waals surface area contributed by atoms with Gasteiger partial charge in [0.05, 0.1) is 17.2 Å². The highest BCUT2D eigenvalue weighted by atomic mass is 16.5. The summed E-state index contributed by atoms with van der Waals surface area (Å²) >= 11 is 0. The largest absolute Gasteiger partial charge is 0.457 e. The molecule has 1 aliphatic heterocycles. The molecular formula is C30H29N3O4. The summed E-state index contributed by atoms with van der Waals surface area (Å²) in [7, 11) is 1.94. The quantitative estimate of drug-likeness (QED) is 0.282. The molecule has 0 aliphatic carbocycles. The van der Waals surface area contributed by atoms with Gasteiger partial charge in [-0.2, -0.15) is 0 Å². The van der Waals surface area contributed by atoms with Crippen LogP contribution in [0.2, 0.25) is 0 Å². The van der Waals surface area contributed by atoms with Crippen LogP contribution >= 0.6 is 0 Å². The molecule has 3 aromatic carbocycles. The summed E-state index contributed by atoms with van der Waals surface area (Å²) in [6.45, 7) is 0.586. The molecule has 1 aliphatic rings. The average Bonchev–Trinajstić information content (AvgIpc) is 3.25. The monoisotopic (exact) mass is 495 g/mol. The molecular weight excluding hydrogens is 466 g/mol. The fourth-order valence-corrected chi connectivity index (χ4v) is 4.98. The van der Waals surface area contributed by atoms with Crippen molar-refractivity contribution < 1.29 is 19.1 Å². The Morgan fingerprint density at radius 1 is 0.865 bits per heavy atom. The maximum absolute atomic E-state index is 13.4. The molecule has 37 heavy (non-hydrogen) atoms. The van der Waals surface area contributed by atoms with Gasteiger partial charge in [-0.25, -0.2) is 4.79 Å². The molecule has 0 radical (unpaired) electrons. The van der Waals surface area contributed by atoms with Crippen LogP contribution in [0, 0.1) is 5.92 Å². The number of aromatic nitrogens is 1. The van der Waals surface area contributed by atoms with Crippen molar-refractivity contribution in [3.05, 3.63) is 90.5 Å². The predicted molar refractivity (Wildman–Crippen MR) is 143 cm³/mol. The van der Waals surface area contributed by atoms with Crippen molar-refractivity contribution in [2.75, 3.05) is 25.0 Å². The van der Waals surface area contributed by atoms with Crippen LogP contribution < -0.4 is 5.32 Å². The number of fused-ring (bicyclic) bond motifs is 1. The standard InChI is InChI=1S/C30H29N3O4/c1-32-25-15-9-8-14-24(25)27(28(32)21-10-4-2-5-11-21)26(34)20-37-29(35)22-16-18-33(19-17-22)30(36)31-23-12-6-3-7-13-23/h2-15,22H,16-20H2,1H3,(H,31,36). The number of para-hydroxylation sites is 2. The van der Waals surface area contributed by atoms with Gasteiger partial charge in [0.25, 0.3) is 0 Å². The van der Waals surface area contributed by atoms with Crippen molar-refractivity contribution in [1.29, 1.82) is 0 Å². The Balaban J connectivity index is 1.23. The molecule has 5 rings (SSSR count). The van der Waals surface area contributed by atoms with Crippen LogP contribution in [0.25, 0.3) is 22.2 Å². The molecule has 0 saturated carbocycles. The lowest BCUT2D eigenvalue weighted by Crippen LogP contribution is -2.42. The molecule has 0 atom stereocenters. The maximum atomic E-state index is 13.4. The molecule has 4 aromatic rings. The van der Waals surface area contributed by atoms with Gasteiger partial charge in [0.1, 0.15) is 0 Å². The van der Waals surface area contributed by atoms with E-state index < -0.39 is 5.97 Å². The highest BCUT2D eigenvalue weighted by Crippen LogP contribution is 2.33. The van der Waals surface area contributed by atoms with E-state index in [1.165, 1.54) is 0 Å². The zero-order valence-electron chi connectivity index (χ0n) is 20.7. The summed E-state index contributed by atoms with van der Waals surface area (Å²) in [6, 6.07) is 26.6. The van der Waals surface area contributed by atoms with E-state index in [9.17, 15) is 14.4 Å². The van der Waals surface area contributed by atoms with Crippen LogP contribution in [0.3, 0.4) is 0 Å². The minimum absolute atomic E-state index is 0.183. The molecule has 7 heteroatoms. The Morgan fingerprint density at radius 3 is 2.19 bits per heavy atom. The van der Waals surface area contributed by atoms with Gasteiger partial charge in [-0.05, 0) is 36.6 Å². The third-order valence-electron chi connectivity index (χ3n) is 6.92. The number of anilines is 1. The molecule has 188 valence electrons. The van der Waals surface area contributed by atoms with Gasteiger partial charge in [-0.15, -0.1) is 0 Å². The number of hydrogen-bond acceptors (Lipinski definition) is 4. The second kappa shape index (κ2) is 10.7. The third kappa shape index (κ3) is 5.11. The van der Waals surface area contributed by atoms with Crippen molar-refractivity contribution >= 4 is 34.4 Å². The van der Waals surface area contributed by atoms with Crippen LogP contribution in [0.5, 0.6) is 0 Å². The maximum Gasteiger partial charge on any atom is 0.321 e. The molecule has 1 fully saturated rings. The molecule has 7 nitrogen and oxygen atoms in total. The van der Waals surface area contributed by atoms with Crippen LogP contribution in [-0.4, -0.2) is 46.9 Å². The first kappa shape index (κ1) is 24.3. The number of amides is 2. The summed E-state index contributed by atoms with van der Waals surface area (Å²) < 4.78 is 7.53. The average molecular weight is 496 g/mol. The Bertz CT molecular complexity index is 1420. The number of benzene rings is 3. The van der Waals surface area contributed by atoms with Gasteiger partial charge in [0, 0.05) is 36.7 Å². The van der Waals surface area contributed by atoms with Gasteiger partial charge in [-0.1, -0.05) is 66.7 Å². The zero-order chi connectivity index (χ0) is 25.8. The highest BCUT2D eigenvalue weighted by Gasteiger charge is 2.30. The Hall–Kier alpha value is -4.39. The number of nitrogens with zero attached hydrogens (tertiary/aromatic N) is 2. The van der Waals surface area contributed by atoms with Crippen LogP contribution in [0.1, 0.15) is 23.2 Å². The normalized spacial score (nSPS) is 13.9. The molecule has 2 amide bonds. The topological polar surface area (TPSA) is 80.6 Å². The van der Waals surface area contributed by atoms with E-state index in [2.05, 4.69) is 5.32 Å². The number of urea groups is 1. The van der Waals surface area contributed by atoms with E-state index in [0.29, 0.717) is 31.5 Å². The first-order valence-corrected chi connectivity index (χ1v) is 12.5. The van der Waals surface area contributed by atoms with Gasteiger partial charge in [-0.3, -0.25) is 9.59 Å². The SMILES string of the molecule is Cn1c(-c2ccccc2)c(C(=O)COC(=O)C2CCN(C(=O)Nc3ccccc3)CC2)c2ccccc21. The van der Waals surface area contributed by atoms with Gasteiger partial charge >= 0.3 is 12.0 Å².